The van der Waals surface area contributed by atoms with Crippen molar-refractivity contribution in [1.29, 1.82) is 0 Å². The van der Waals surface area contributed by atoms with E-state index < -0.39 is 0 Å². The maximum atomic E-state index is 5.75. The summed E-state index contributed by atoms with van der Waals surface area (Å²) >= 11 is 0. The Bertz CT molecular complexity index is 402. The van der Waals surface area contributed by atoms with E-state index in [2.05, 4.69) is 64.2 Å². The van der Waals surface area contributed by atoms with Gasteiger partial charge in [0.15, 0.2) is 0 Å². The van der Waals surface area contributed by atoms with Crippen LogP contribution in [0.1, 0.15) is 40.2 Å². The van der Waals surface area contributed by atoms with Gasteiger partial charge in [0.2, 0.25) is 0 Å². The van der Waals surface area contributed by atoms with Crippen LogP contribution in [0.4, 0.5) is 0 Å². The van der Waals surface area contributed by atoms with E-state index in [0.717, 1.165) is 12.3 Å². The maximum absolute atomic E-state index is 5.75. The average molecular weight is 261 g/mol. The summed E-state index contributed by atoms with van der Waals surface area (Å²) in [7, 11) is 0. The zero-order chi connectivity index (χ0) is 14.3. The molecule has 0 unspecified atom stereocenters. The lowest BCUT2D eigenvalue weighted by molar-refractivity contribution is 0.291. The van der Waals surface area contributed by atoms with Crippen molar-refractivity contribution in [3.8, 4) is 5.75 Å². The summed E-state index contributed by atoms with van der Waals surface area (Å²) in [6.45, 7) is 12.4. The van der Waals surface area contributed by atoms with Gasteiger partial charge in [0, 0.05) is 12.1 Å². The standard InChI is InChI=1S/C17H27NO/c1-14(2)9-10-15-7-6-8-16(13-15)19-12-11-18-17(3,4)5/h6-10,13-14,18H,11-12H2,1-5H3/b10-9+. The van der Waals surface area contributed by atoms with Gasteiger partial charge in [0.05, 0.1) is 0 Å². The molecule has 1 aromatic rings. The summed E-state index contributed by atoms with van der Waals surface area (Å²) < 4.78 is 5.75. The monoisotopic (exact) mass is 261 g/mol. The molecule has 1 aromatic carbocycles. The zero-order valence-electron chi connectivity index (χ0n) is 12.9. The number of ether oxygens (including phenoxy) is 1. The van der Waals surface area contributed by atoms with E-state index in [-0.39, 0.29) is 5.54 Å². The van der Waals surface area contributed by atoms with Crippen LogP contribution in [0.2, 0.25) is 0 Å². The first-order valence-corrected chi connectivity index (χ1v) is 7.03. The third-order valence-electron chi connectivity index (χ3n) is 2.56. The molecule has 0 bridgehead atoms. The third kappa shape index (κ3) is 7.68. The van der Waals surface area contributed by atoms with Crippen molar-refractivity contribution in [2.75, 3.05) is 13.2 Å². The highest BCUT2D eigenvalue weighted by atomic mass is 16.5. The molecule has 1 N–H and O–H groups in total. The second kappa shape index (κ2) is 7.34. The largest absolute Gasteiger partial charge is 0.492 e. The van der Waals surface area contributed by atoms with Crippen molar-refractivity contribution in [2.24, 2.45) is 5.92 Å². The van der Waals surface area contributed by atoms with Crippen LogP contribution in [0, 0.1) is 5.92 Å². The highest BCUT2D eigenvalue weighted by Gasteiger charge is 2.07. The Labute approximate surface area is 117 Å². The van der Waals surface area contributed by atoms with Gasteiger partial charge in [-0.15, -0.1) is 0 Å². The quantitative estimate of drug-likeness (QED) is 0.778. The maximum Gasteiger partial charge on any atom is 0.119 e. The van der Waals surface area contributed by atoms with Gasteiger partial charge >= 0.3 is 0 Å². The van der Waals surface area contributed by atoms with Crippen LogP contribution in [-0.4, -0.2) is 18.7 Å². The van der Waals surface area contributed by atoms with E-state index in [1.165, 1.54) is 5.56 Å². The topological polar surface area (TPSA) is 21.3 Å². The van der Waals surface area contributed by atoms with Crippen molar-refractivity contribution < 1.29 is 4.74 Å². The first-order valence-electron chi connectivity index (χ1n) is 7.03. The molecule has 0 radical (unpaired) electrons. The minimum atomic E-state index is 0.144. The molecule has 0 aromatic heterocycles. The predicted molar refractivity (Wildman–Crippen MR) is 83.6 cm³/mol. The normalized spacial score (nSPS) is 12.3. The molecule has 0 spiro atoms. The Morgan fingerprint density at radius 2 is 2.00 bits per heavy atom. The number of nitrogens with one attached hydrogen (secondary N) is 1. The molecular weight excluding hydrogens is 234 g/mol. The molecule has 0 atom stereocenters. The fourth-order valence-corrected chi connectivity index (χ4v) is 1.61. The first-order chi connectivity index (χ1) is 8.87. The molecule has 106 valence electrons. The highest BCUT2D eigenvalue weighted by Crippen LogP contribution is 2.15. The number of allylic oxidation sites excluding steroid dienone is 1. The van der Waals surface area contributed by atoms with Crippen molar-refractivity contribution in [1.82, 2.24) is 5.32 Å². The first kappa shape index (κ1) is 15.8. The van der Waals surface area contributed by atoms with Crippen LogP contribution in [0.5, 0.6) is 5.75 Å². The summed E-state index contributed by atoms with van der Waals surface area (Å²) in [5.74, 6) is 1.50. The molecule has 0 saturated heterocycles. The van der Waals surface area contributed by atoms with Crippen molar-refractivity contribution in [3.05, 3.63) is 35.9 Å². The van der Waals surface area contributed by atoms with E-state index in [0.29, 0.717) is 12.5 Å². The van der Waals surface area contributed by atoms with Gasteiger partial charge in [-0.1, -0.05) is 38.1 Å². The molecule has 0 amide bonds. The van der Waals surface area contributed by atoms with Crippen LogP contribution in [0.15, 0.2) is 30.3 Å². The summed E-state index contributed by atoms with van der Waals surface area (Å²) in [6, 6.07) is 8.21. The van der Waals surface area contributed by atoms with E-state index in [4.69, 9.17) is 4.74 Å². The summed E-state index contributed by atoms with van der Waals surface area (Å²) in [6.07, 6.45) is 4.34. The van der Waals surface area contributed by atoms with Crippen LogP contribution in [0.3, 0.4) is 0 Å². The summed E-state index contributed by atoms with van der Waals surface area (Å²) in [4.78, 5) is 0. The highest BCUT2D eigenvalue weighted by molar-refractivity contribution is 5.51. The molecule has 0 saturated carbocycles. The Balaban J connectivity index is 2.44. The molecule has 1 rings (SSSR count). The molecule has 0 aliphatic heterocycles. The minimum Gasteiger partial charge on any atom is -0.492 e. The van der Waals surface area contributed by atoms with Gasteiger partial charge in [0.1, 0.15) is 12.4 Å². The van der Waals surface area contributed by atoms with Gasteiger partial charge in [-0.05, 0) is 44.4 Å². The van der Waals surface area contributed by atoms with E-state index in [9.17, 15) is 0 Å². The number of hydrogen-bond donors (Lipinski definition) is 1. The predicted octanol–water partition coefficient (Wildman–Crippen LogP) is 4.12. The fourth-order valence-electron chi connectivity index (χ4n) is 1.61. The zero-order valence-corrected chi connectivity index (χ0v) is 12.9. The van der Waals surface area contributed by atoms with Gasteiger partial charge in [0.25, 0.3) is 0 Å². The molecule has 2 nitrogen and oxygen atoms in total. The Morgan fingerprint density at radius 3 is 2.63 bits per heavy atom. The molecule has 0 heterocycles. The Kier molecular flexibility index (Phi) is 6.10. The van der Waals surface area contributed by atoms with Crippen LogP contribution in [-0.2, 0) is 0 Å². The number of benzene rings is 1. The van der Waals surface area contributed by atoms with Crippen LogP contribution >= 0.6 is 0 Å². The Morgan fingerprint density at radius 1 is 1.26 bits per heavy atom. The smallest absolute Gasteiger partial charge is 0.119 e. The summed E-state index contributed by atoms with van der Waals surface area (Å²) in [5.41, 5.74) is 1.33. The average Bonchev–Trinajstić information content (AvgIpc) is 2.32. The van der Waals surface area contributed by atoms with E-state index >= 15 is 0 Å². The molecule has 0 fully saturated rings. The number of rotatable bonds is 6. The van der Waals surface area contributed by atoms with E-state index in [1.54, 1.807) is 0 Å². The van der Waals surface area contributed by atoms with E-state index in [1.807, 2.05) is 12.1 Å². The third-order valence-corrected chi connectivity index (χ3v) is 2.56. The molecule has 0 aliphatic carbocycles. The molecule has 0 aliphatic rings. The number of hydrogen-bond acceptors (Lipinski definition) is 2. The molecule has 2 heteroatoms. The molecular formula is C17H27NO. The van der Waals surface area contributed by atoms with Gasteiger partial charge in [-0.25, -0.2) is 0 Å². The minimum absolute atomic E-state index is 0.144. The van der Waals surface area contributed by atoms with Gasteiger partial charge < -0.3 is 10.1 Å². The van der Waals surface area contributed by atoms with Crippen molar-refractivity contribution in [2.45, 2.75) is 40.2 Å². The van der Waals surface area contributed by atoms with Crippen LogP contribution in [0.25, 0.3) is 6.08 Å². The van der Waals surface area contributed by atoms with Gasteiger partial charge in [-0.2, -0.15) is 0 Å². The SMILES string of the molecule is CC(C)/C=C/c1cccc(OCCNC(C)(C)C)c1. The Hall–Kier alpha value is -1.28. The van der Waals surface area contributed by atoms with Crippen molar-refractivity contribution in [3.63, 3.8) is 0 Å². The van der Waals surface area contributed by atoms with Gasteiger partial charge in [-0.3, -0.25) is 0 Å². The van der Waals surface area contributed by atoms with Crippen molar-refractivity contribution >= 4 is 6.08 Å². The lowest BCUT2D eigenvalue weighted by atomic mass is 10.1. The summed E-state index contributed by atoms with van der Waals surface area (Å²) in [5, 5.41) is 3.41. The fraction of sp³-hybridized carbons (Fsp3) is 0.529. The lowest BCUT2D eigenvalue weighted by Crippen LogP contribution is -2.38. The van der Waals surface area contributed by atoms with Crippen LogP contribution < -0.4 is 10.1 Å². The molecule has 19 heavy (non-hydrogen) atoms. The lowest BCUT2D eigenvalue weighted by Gasteiger charge is -2.20. The second-order valence-corrected chi connectivity index (χ2v) is 6.20. The second-order valence-electron chi connectivity index (χ2n) is 6.20.